The van der Waals surface area contributed by atoms with Crippen molar-refractivity contribution < 1.29 is 17.2 Å². The number of sulfonamides is 1. The first-order chi connectivity index (χ1) is 5.76. The fourth-order valence-electron chi connectivity index (χ4n) is 0.926. The van der Waals surface area contributed by atoms with Gasteiger partial charge in [0.25, 0.3) is 10.0 Å². The summed E-state index contributed by atoms with van der Waals surface area (Å²) in [5, 5.41) is 0. The molecule has 0 amide bonds. The van der Waals surface area contributed by atoms with Crippen LogP contribution in [0.1, 0.15) is 13.8 Å². The predicted molar refractivity (Wildman–Crippen MR) is 48.4 cm³/mol. The minimum absolute atomic E-state index is 0.276. The van der Waals surface area contributed by atoms with E-state index in [0.717, 1.165) is 0 Å². The van der Waals surface area contributed by atoms with E-state index < -0.39 is 15.8 Å². The highest BCUT2D eigenvalue weighted by atomic mass is 32.2. The van der Waals surface area contributed by atoms with Gasteiger partial charge in [-0.3, -0.25) is 0 Å². The van der Waals surface area contributed by atoms with E-state index in [1.54, 1.807) is 11.8 Å². The highest BCUT2D eigenvalue weighted by molar-refractivity contribution is 8.02. The summed E-state index contributed by atoms with van der Waals surface area (Å²) in [7, 11) is -4.43. The molecule has 1 N–H and O–H groups in total. The molecule has 13 heavy (non-hydrogen) atoms. The van der Waals surface area contributed by atoms with Crippen LogP contribution in [-0.2, 0) is 10.0 Å². The number of hydrogen-bond acceptors (Lipinski definition) is 3. The molecule has 1 heterocycles. The van der Waals surface area contributed by atoms with Crippen molar-refractivity contribution in [3.8, 4) is 0 Å². The van der Waals surface area contributed by atoms with E-state index in [2.05, 4.69) is 0 Å². The van der Waals surface area contributed by atoms with Crippen LogP contribution in [0.15, 0.2) is 0 Å². The normalized spacial score (nSPS) is 27.3. The molecule has 0 aliphatic carbocycles. The topological polar surface area (TPSA) is 46.2 Å². The number of rotatable bonds is 3. The van der Waals surface area contributed by atoms with Gasteiger partial charge in [0.1, 0.15) is 0 Å². The monoisotopic (exact) mass is 231 g/mol. The van der Waals surface area contributed by atoms with Crippen molar-refractivity contribution in [2.75, 3.05) is 5.75 Å². The Kier molecular flexibility index (Phi) is 2.89. The molecule has 1 atom stereocenters. The summed E-state index contributed by atoms with van der Waals surface area (Å²) in [4.78, 5) is 0. The smallest absolute Gasteiger partial charge is 0.206 e. The molecule has 7 heteroatoms. The van der Waals surface area contributed by atoms with Gasteiger partial charge in [0.05, 0.1) is 0 Å². The molecule has 0 saturated carbocycles. The predicted octanol–water partition coefficient (Wildman–Crippen LogP) is 1.02. The maximum Gasteiger partial charge on any atom is 0.350 e. The van der Waals surface area contributed by atoms with Crippen molar-refractivity contribution in [3.05, 3.63) is 0 Å². The molecule has 0 radical (unpaired) electrons. The summed E-state index contributed by atoms with van der Waals surface area (Å²) in [6.45, 7) is 3.64. The molecule has 1 aliphatic rings. The molecule has 0 aromatic carbocycles. The van der Waals surface area contributed by atoms with Gasteiger partial charge in [-0.25, -0.2) is 13.1 Å². The molecule has 0 bridgehead atoms. The van der Waals surface area contributed by atoms with E-state index in [1.165, 1.54) is 0 Å². The van der Waals surface area contributed by atoms with Crippen LogP contribution in [0, 0.1) is 0 Å². The molecule has 1 saturated heterocycles. The minimum Gasteiger partial charge on any atom is -0.206 e. The number of hydrogen-bond donors (Lipinski definition) is 1. The maximum atomic E-state index is 11.9. The third-order valence-corrected chi connectivity index (χ3v) is 4.61. The zero-order valence-electron chi connectivity index (χ0n) is 7.25. The Hall–Kier alpha value is 0.120. The van der Waals surface area contributed by atoms with Gasteiger partial charge in [-0.15, -0.1) is 0 Å². The van der Waals surface area contributed by atoms with Crippen molar-refractivity contribution in [3.63, 3.8) is 0 Å². The molecular formula is C6H11F2NO2S2. The number of halogens is 2. The lowest BCUT2D eigenvalue weighted by molar-refractivity contribution is 0.230. The molecule has 0 aromatic heterocycles. The van der Waals surface area contributed by atoms with E-state index in [-0.39, 0.29) is 10.8 Å². The van der Waals surface area contributed by atoms with Crippen LogP contribution in [0.3, 0.4) is 0 Å². The number of nitrogens with one attached hydrogen (secondary N) is 1. The molecule has 1 aliphatic heterocycles. The van der Waals surface area contributed by atoms with E-state index in [0.29, 0.717) is 5.75 Å². The lowest BCUT2D eigenvalue weighted by Gasteiger charge is -2.43. The highest BCUT2D eigenvalue weighted by Crippen LogP contribution is 2.40. The second-order valence-electron chi connectivity index (χ2n) is 3.39. The summed E-state index contributed by atoms with van der Waals surface area (Å²) in [5.74, 6) is -2.78. The zero-order valence-corrected chi connectivity index (χ0v) is 8.88. The fraction of sp³-hybridized carbons (Fsp3) is 1.00. The average molecular weight is 231 g/mol. The van der Waals surface area contributed by atoms with E-state index >= 15 is 0 Å². The third-order valence-electron chi connectivity index (χ3n) is 2.00. The fourth-order valence-corrected chi connectivity index (χ4v) is 3.13. The van der Waals surface area contributed by atoms with Gasteiger partial charge in [-0.1, -0.05) is 0 Å². The minimum atomic E-state index is -4.43. The van der Waals surface area contributed by atoms with Crippen molar-refractivity contribution in [1.29, 1.82) is 0 Å². The summed E-state index contributed by atoms with van der Waals surface area (Å²) in [6, 6.07) is -0.378. The highest BCUT2D eigenvalue weighted by Gasteiger charge is 2.43. The van der Waals surface area contributed by atoms with Crippen molar-refractivity contribution >= 4 is 21.8 Å². The molecule has 3 nitrogen and oxygen atoms in total. The van der Waals surface area contributed by atoms with Crippen LogP contribution in [0.2, 0.25) is 0 Å². The molecule has 1 fully saturated rings. The van der Waals surface area contributed by atoms with Crippen LogP contribution < -0.4 is 4.72 Å². The Morgan fingerprint density at radius 2 is 2.08 bits per heavy atom. The molecular weight excluding hydrogens is 220 g/mol. The van der Waals surface area contributed by atoms with Gasteiger partial charge in [0, 0.05) is 16.5 Å². The van der Waals surface area contributed by atoms with Crippen molar-refractivity contribution in [2.45, 2.75) is 30.4 Å². The first-order valence-electron chi connectivity index (χ1n) is 3.69. The van der Waals surface area contributed by atoms with Crippen molar-refractivity contribution in [2.24, 2.45) is 0 Å². The Balaban J connectivity index is 2.61. The Bertz CT molecular complexity index is 289. The van der Waals surface area contributed by atoms with Crippen molar-refractivity contribution in [1.82, 2.24) is 4.72 Å². The lowest BCUT2D eigenvalue weighted by Crippen LogP contribution is -2.57. The maximum absolute atomic E-state index is 11.9. The first-order valence-corrected chi connectivity index (χ1v) is 6.22. The largest absolute Gasteiger partial charge is 0.350 e. The molecule has 78 valence electrons. The van der Waals surface area contributed by atoms with Gasteiger partial charge in [-0.05, 0) is 13.8 Å². The van der Waals surface area contributed by atoms with Gasteiger partial charge in [-0.2, -0.15) is 20.5 Å². The summed E-state index contributed by atoms with van der Waals surface area (Å²) < 4.78 is 47.1. The second kappa shape index (κ2) is 3.36. The molecule has 0 spiro atoms. The lowest BCUT2D eigenvalue weighted by atomic mass is 10.1. The van der Waals surface area contributed by atoms with Gasteiger partial charge < -0.3 is 0 Å². The van der Waals surface area contributed by atoms with Crippen LogP contribution in [0.5, 0.6) is 0 Å². The first kappa shape index (κ1) is 11.2. The van der Waals surface area contributed by atoms with E-state index in [4.69, 9.17) is 0 Å². The van der Waals surface area contributed by atoms with Crippen LogP contribution in [0.4, 0.5) is 8.78 Å². The number of alkyl halides is 2. The summed E-state index contributed by atoms with van der Waals surface area (Å²) in [6.07, 6.45) is 0. The van der Waals surface area contributed by atoms with Crippen LogP contribution >= 0.6 is 11.8 Å². The molecule has 1 rings (SSSR count). The van der Waals surface area contributed by atoms with Crippen LogP contribution in [-0.4, -0.2) is 30.7 Å². The van der Waals surface area contributed by atoms with Gasteiger partial charge >= 0.3 is 5.76 Å². The standard InChI is InChI=1S/C6H11F2NO2S2/c1-6(2)4(3-12-6)9-13(10,11)5(7)8/h4-5,9H,3H2,1-2H3. The Labute approximate surface area is 80.3 Å². The van der Waals surface area contributed by atoms with E-state index in [9.17, 15) is 17.2 Å². The molecule has 0 aromatic rings. The summed E-state index contributed by atoms with van der Waals surface area (Å²) in [5.41, 5.74) is 0. The van der Waals surface area contributed by atoms with Gasteiger partial charge in [0.2, 0.25) is 0 Å². The second-order valence-corrected chi connectivity index (χ2v) is 6.75. The van der Waals surface area contributed by atoms with Gasteiger partial charge in [0.15, 0.2) is 0 Å². The van der Waals surface area contributed by atoms with Crippen LogP contribution in [0.25, 0.3) is 0 Å². The third kappa shape index (κ3) is 2.32. The quantitative estimate of drug-likeness (QED) is 0.789. The zero-order chi connectivity index (χ0) is 10.3. The Morgan fingerprint density at radius 1 is 1.54 bits per heavy atom. The number of thioether (sulfide) groups is 1. The average Bonchev–Trinajstić information content (AvgIpc) is 1.98. The SMILES string of the molecule is CC1(C)SCC1NS(=O)(=O)C(F)F. The molecule has 1 unspecified atom stereocenters. The summed E-state index contributed by atoms with van der Waals surface area (Å²) >= 11 is 1.55. The Morgan fingerprint density at radius 3 is 2.31 bits per heavy atom. The van der Waals surface area contributed by atoms with E-state index in [1.807, 2.05) is 18.6 Å².